The van der Waals surface area contributed by atoms with Gasteiger partial charge in [-0.1, -0.05) is 35.0 Å². The van der Waals surface area contributed by atoms with E-state index in [0.717, 1.165) is 34.1 Å². The summed E-state index contributed by atoms with van der Waals surface area (Å²) < 4.78 is 8.79. The van der Waals surface area contributed by atoms with E-state index >= 15 is 0 Å². The average Bonchev–Trinajstić information content (AvgIpc) is 2.88. The van der Waals surface area contributed by atoms with Crippen LogP contribution in [0.4, 0.5) is 0 Å². The van der Waals surface area contributed by atoms with Gasteiger partial charge >= 0.3 is 5.97 Å². The van der Waals surface area contributed by atoms with Gasteiger partial charge in [-0.15, -0.1) is 0 Å². The number of ether oxygens (including phenoxy) is 1. The lowest BCUT2D eigenvalue weighted by atomic mass is 9.96. The SMILES string of the molecule is COc1ccc2c(c1)c(CC(C)CC(=O)O)c(C)n2Cc1ccc(Br)cc1. The Bertz CT molecular complexity index is 960. The largest absolute Gasteiger partial charge is 0.497 e. The average molecular weight is 430 g/mol. The molecule has 0 aliphatic carbocycles. The highest BCUT2D eigenvalue weighted by Gasteiger charge is 2.18. The minimum absolute atomic E-state index is 0.0686. The fourth-order valence-corrected chi connectivity index (χ4v) is 3.87. The number of benzene rings is 2. The first kappa shape index (κ1) is 19.5. The van der Waals surface area contributed by atoms with Crippen LogP contribution in [0.1, 0.15) is 30.2 Å². The van der Waals surface area contributed by atoms with Crippen molar-refractivity contribution < 1.29 is 14.6 Å². The summed E-state index contributed by atoms with van der Waals surface area (Å²) in [6.45, 7) is 4.88. The number of halogens is 1. The monoisotopic (exact) mass is 429 g/mol. The van der Waals surface area contributed by atoms with Crippen molar-refractivity contribution in [3.63, 3.8) is 0 Å². The van der Waals surface area contributed by atoms with Gasteiger partial charge in [0.05, 0.1) is 7.11 Å². The first-order chi connectivity index (χ1) is 12.9. The quantitative estimate of drug-likeness (QED) is 0.545. The Morgan fingerprint density at radius 3 is 2.56 bits per heavy atom. The molecule has 0 fully saturated rings. The second kappa shape index (κ2) is 8.17. The summed E-state index contributed by atoms with van der Waals surface area (Å²) in [7, 11) is 1.67. The molecular weight excluding hydrogens is 406 g/mol. The van der Waals surface area contributed by atoms with Gasteiger partial charge < -0.3 is 14.4 Å². The summed E-state index contributed by atoms with van der Waals surface area (Å²) in [5.74, 6) is 0.130. The predicted octanol–water partition coefficient (Wildman–Crippen LogP) is 5.42. The molecule has 0 radical (unpaired) electrons. The van der Waals surface area contributed by atoms with Crippen LogP contribution in [0.25, 0.3) is 10.9 Å². The zero-order valence-electron chi connectivity index (χ0n) is 15.8. The summed E-state index contributed by atoms with van der Waals surface area (Å²) in [6.07, 6.45) is 0.901. The lowest BCUT2D eigenvalue weighted by Gasteiger charge is -2.11. The Hall–Kier alpha value is -2.27. The number of hydrogen-bond donors (Lipinski definition) is 1. The maximum atomic E-state index is 11.1. The zero-order valence-corrected chi connectivity index (χ0v) is 17.4. The van der Waals surface area contributed by atoms with Gasteiger partial charge in [-0.2, -0.15) is 0 Å². The van der Waals surface area contributed by atoms with Crippen LogP contribution in [-0.4, -0.2) is 22.8 Å². The Morgan fingerprint density at radius 1 is 1.22 bits per heavy atom. The minimum atomic E-state index is -0.753. The van der Waals surface area contributed by atoms with Gasteiger partial charge in [0, 0.05) is 34.0 Å². The number of carbonyl (C=O) groups is 1. The molecular formula is C22H24BrNO3. The molecule has 0 saturated carbocycles. The summed E-state index contributed by atoms with van der Waals surface area (Å²) in [5, 5.41) is 10.3. The number of fused-ring (bicyclic) bond motifs is 1. The number of hydrogen-bond acceptors (Lipinski definition) is 2. The lowest BCUT2D eigenvalue weighted by Crippen LogP contribution is -2.08. The van der Waals surface area contributed by atoms with Gasteiger partial charge in [-0.05, 0) is 60.7 Å². The molecule has 0 bridgehead atoms. The van der Waals surface area contributed by atoms with Gasteiger partial charge in [0.15, 0.2) is 0 Å². The van der Waals surface area contributed by atoms with Crippen molar-refractivity contribution in [3.05, 3.63) is 63.8 Å². The molecule has 3 rings (SSSR count). The molecule has 5 heteroatoms. The molecule has 1 heterocycles. The molecule has 0 aliphatic rings. The fraction of sp³-hybridized carbons (Fsp3) is 0.318. The van der Waals surface area contributed by atoms with E-state index in [1.807, 2.05) is 13.0 Å². The van der Waals surface area contributed by atoms with Gasteiger partial charge in [0.2, 0.25) is 0 Å². The fourth-order valence-electron chi connectivity index (χ4n) is 3.61. The Balaban J connectivity index is 2.06. The third-order valence-electron chi connectivity index (χ3n) is 4.99. The summed E-state index contributed by atoms with van der Waals surface area (Å²) in [5.41, 5.74) is 4.75. The molecule has 0 aliphatic heterocycles. The van der Waals surface area contributed by atoms with Crippen LogP contribution in [0.3, 0.4) is 0 Å². The van der Waals surface area contributed by atoms with Crippen LogP contribution in [0.15, 0.2) is 46.9 Å². The molecule has 0 saturated heterocycles. The number of carboxylic acids is 1. The van der Waals surface area contributed by atoms with Crippen LogP contribution >= 0.6 is 15.9 Å². The summed E-state index contributed by atoms with van der Waals surface area (Å²) >= 11 is 3.48. The molecule has 27 heavy (non-hydrogen) atoms. The van der Waals surface area contributed by atoms with Crippen LogP contribution in [0.5, 0.6) is 5.75 Å². The number of aromatic nitrogens is 1. The standard InChI is InChI=1S/C22H24BrNO3/c1-14(11-22(25)26)10-19-15(2)24(13-16-4-6-17(23)7-5-16)21-9-8-18(27-3)12-20(19)21/h4-9,12,14H,10-11,13H2,1-3H3,(H,25,26). The summed E-state index contributed by atoms with van der Waals surface area (Å²) in [4.78, 5) is 11.1. The Morgan fingerprint density at radius 2 is 1.93 bits per heavy atom. The lowest BCUT2D eigenvalue weighted by molar-refractivity contribution is -0.137. The Kier molecular flexibility index (Phi) is 5.90. The number of methoxy groups -OCH3 is 1. The van der Waals surface area contributed by atoms with E-state index in [1.54, 1.807) is 7.11 Å². The van der Waals surface area contributed by atoms with E-state index in [-0.39, 0.29) is 12.3 Å². The number of rotatable bonds is 7. The van der Waals surface area contributed by atoms with Crippen molar-refractivity contribution >= 4 is 32.8 Å². The number of nitrogens with zero attached hydrogens (tertiary/aromatic N) is 1. The molecule has 1 aromatic heterocycles. The Labute approximate surface area is 167 Å². The van der Waals surface area contributed by atoms with Crippen molar-refractivity contribution in [1.82, 2.24) is 4.57 Å². The number of aliphatic carboxylic acids is 1. The molecule has 1 N–H and O–H groups in total. The highest BCUT2D eigenvalue weighted by atomic mass is 79.9. The van der Waals surface area contributed by atoms with E-state index in [9.17, 15) is 4.79 Å². The molecule has 142 valence electrons. The smallest absolute Gasteiger partial charge is 0.303 e. The van der Waals surface area contributed by atoms with Crippen molar-refractivity contribution in [2.24, 2.45) is 5.92 Å². The highest BCUT2D eigenvalue weighted by Crippen LogP contribution is 2.32. The van der Waals surface area contributed by atoms with Crippen LogP contribution in [0.2, 0.25) is 0 Å². The van der Waals surface area contributed by atoms with Gasteiger partial charge in [0.1, 0.15) is 5.75 Å². The normalized spacial score (nSPS) is 12.3. The van der Waals surface area contributed by atoms with Gasteiger partial charge in [0.25, 0.3) is 0 Å². The minimum Gasteiger partial charge on any atom is -0.497 e. The van der Waals surface area contributed by atoms with Crippen molar-refractivity contribution in [1.29, 1.82) is 0 Å². The first-order valence-electron chi connectivity index (χ1n) is 9.01. The van der Waals surface area contributed by atoms with Crippen molar-refractivity contribution in [3.8, 4) is 5.75 Å². The predicted molar refractivity (Wildman–Crippen MR) is 112 cm³/mol. The van der Waals surface area contributed by atoms with Crippen LogP contribution < -0.4 is 4.74 Å². The molecule has 0 spiro atoms. The molecule has 3 aromatic rings. The maximum absolute atomic E-state index is 11.1. The van der Waals surface area contributed by atoms with Crippen molar-refractivity contribution in [2.75, 3.05) is 7.11 Å². The summed E-state index contributed by atoms with van der Waals surface area (Å²) in [6, 6.07) is 14.5. The molecule has 2 aromatic carbocycles. The maximum Gasteiger partial charge on any atom is 0.303 e. The topological polar surface area (TPSA) is 51.5 Å². The van der Waals surface area contributed by atoms with Crippen LogP contribution in [0, 0.1) is 12.8 Å². The number of carboxylic acid groups (broad SMARTS) is 1. The van der Waals surface area contributed by atoms with E-state index < -0.39 is 5.97 Å². The second-order valence-electron chi connectivity index (χ2n) is 7.07. The zero-order chi connectivity index (χ0) is 19.6. The molecule has 1 atom stereocenters. The first-order valence-corrected chi connectivity index (χ1v) is 9.80. The van der Waals surface area contributed by atoms with E-state index in [1.165, 1.54) is 16.8 Å². The third-order valence-corrected chi connectivity index (χ3v) is 5.52. The van der Waals surface area contributed by atoms with Gasteiger partial charge in [-0.3, -0.25) is 4.79 Å². The van der Waals surface area contributed by atoms with Crippen LogP contribution in [-0.2, 0) is 17.8 Å². The molecule has 1 unspecified atom stereocenters. The van der Waals surface area contributed by atoms with E-state index in [4.69, 9.17) is 9.84 Å². The van der Waals surface area contributed by atoms with E-state index in [0.29, 0.717) is 0 Å². The van der Waals surface area contributed by atoms with Gasteiger partial charge in [-0.25, -0.2) is 0 Å². The molecule has 0 amide bonds. The third kappa shape index (κ3) is 4.35. The van der Waals surface area contributed by atoms with E-state index in [2.05, 4.69) is 63.8 Å². The highest BCUT2D eigenvalue weighted by molar-refractivity contribution is 9.10. The molecule has 4 nitrogen and oxygen atoms in total. The second-order valence-corrected chi connectivity index (χ2v) is 7.98. The van der Waals surface area contributed by atoms with Crippen molar-refractivity contribution in [2.45, 2.75) is 33.2 Å².